The fraction of sp³-hybridized carbons (Fsp3) is 0. The summed E-state index contributed by atoms with van der Waals surface area (Å²) in [4.78, 5) is 18.4. The second kappa shape index (κ2) is 1.68. The van der Waals surface area contributed by atoms with Gasteiger partial charge in [-0.3, -0.25) is 0 Å². The molecule has 0 aliphatic heterocycles. The Bertz CT molecular complexity index is 71.6. The molecule has 0 heterocycles. The van der Waals surface area contributed by atoms with Crippen LogP contribution < -0.4 is 15.7 Å². The number of rotatable bonds is 1. The molecule has 0 aromatic heterocycles. The summed E-state index contributed by atoms with van der Waals surface area (Å²) < 4.78 is 12.3. The molecule has 5 nitrogen and oxygen atoms in total. The van der Waals surface area contributed by atoms with E-state index in [4.69, 9.17) is 0 Å². The quantitative estimate of drug-likeness (QED) is 0.288. The molecule has 0 aliphatic carbocycles. The van der Waals surface area contributed by atoms with Gasteiger partial charge in [0.15, 0.2) is 0 Å². The number of hydrogen-bond acceptors (Lipinski definition) is 4. The molecule has 38 valence electrons. The minimum Gasteiger partial charge on any atom is -0.785 e. The Morgan fingerprint density at radius 2 is 1.83 bits per heavy atom. The van der Waals surface area contributed by atoms with E-state index in [2.05, 4.69) is 10.5 Å². The van der Waals surface area contributed by atoms with Gasteiger partial charge in [0, 0.05) is 0 Å². The Morgan fingerprint density at radius 3 is 1.83 bits per heavy atom. The van der Waals surface area contributed by atoms with Crippen molar-refractivity contribution in [1.29, 1.82) is 0 Å². The summed E-state index contributed by atoms with van der Waals surface area (Å²) in [5.74, 6) is 2.37. The van der Waals surface area contributed by atoms with Gasteiger partial charge in [-0.15, -0.1) is 0 Å². The van der Waals surface area contributed by atoms with E-state index in [9.17, 15) is 14.4 Å². The predicted octanol–water partition coefficient (Wildman–Crippen LogP) is -3.01. The van der Waals surface area contributed by atoms with E-state index >= 15 is 0 Å². The number of hydrogen-bond donors (Lipinski definition) is 1. The first-order valence-corrected chi connectivity index (χ1v) is 2.48. The van der Waals surface area contributed by atoms with E-state index < -0.39 is 7.82 Å². The zero-order valence-electron chi connectivity index (χ0n) is 2.79. The highest BCUT2D eigenvalue weighted by Crippen LogP contribution is 2.18. The summed E-state index contributed by atoms with van der Waals surface area (Å²) >= 11 is 0. The van der Waals surface area contributed by atoms with Crippen molar-refractivity contribution in [2.45, 2.75) is 0 Å². The van der Waals surface area contributed by atoms with Gasteiger partial charge in [-0.05, 0) is 0 Å². The second-order valence-electron chi connectivity index (χ2n) is 0.576. The van der Waals surface area contributed by atoms with Crippen molar-refractivity contribution in [3.63, 3.8) is 0 Å². The highest BCUT2D eigenvalue weighted by atomic mass is 31.2. The minimum atomic E-state index is -4.76. The highest BCUT2D eigenvalue weighted by molar-refractivity contribution is 7.42. The van der Waals surface area contributed by atoms with Gasteiger partial charge in [-0.25, -0.2) is 5.90 Å². The van der Waals surface area contributed by atoms with E-state index in [1.807, 2.05) is 0 Å². The molecule has 6 heteroatoms. The maximum absolute atomic E-state index is 9.19. The summed E-state index contributed by atoms with van der Waals surface area (Å²) in [5.41, 5.74) is 0. The molecular formula is H3NO4P-. The van der Waals surface area contributed by atoms with Crippen molar-refractivity contribution in [3.05, 3.63) is 0 Å². The molecule has 0 atom stereocenters. The standard InChI is InChI=1S/H4NO4P/c1-5-6(2,3)4/h1H3,(H-,2,3,4)/p-1. The van der Waals surface area contributed by atoms with Crippen LogP contribution >= 0.6 is 7.82 Å². The van der Waals surface area contributed by atoms with Crippen LogP contribution in [0.1, 0.15) is 0 Å². The van der Waals surface area contributed by atoms with Crippen LogP contribution in [-0.2, 0) is 9.19 Å². The summed E-state index contributed by atoms with van der Waals surface area (Å²) in [7, 11) is -4.76. The van der Waals surface area contributed by atoms with Gasteiger partial charge in [-0.1, -0.05) is 0 Å². The average Bonchev–Trinajstić information content (AvgIpc) is 1.35. The topological polar surface area (TPSA) is 100 Å². The molecule has 0 saturated carbocycles. The lowest BCUT2D eigenvalue weighted by molar-refractivity contribution is -0.663. The third kappa shape index (κ3) is 4.07. The van der Waals surface area contributed by atoms with Crippen LogP contribution in [-0.4, -0.2) is 0 Å². The first-order valence-electron chi connectivity index (χ1n) is 1.02. The fourth-order valence-corrected chi connectivity index (χ4v) is 0. The smallest absolute Gasteiger partial charge is 0.127 e. The lowest BCUT2D eigenvalue weighted by Gasteiger charge is -2.20. The largest absolute Gasteiger partial charge is 0.785 e. The molecule has 0 rings (SSSR count). The lowest BCUT2D eigenvalue weighted by atomic mass is 13.6. The van der Waals surface area contributed by atoms with Crippen molar-refractivity contribution in [3.8, 4) is 0 Å². The van der Waals surface area contributed by atoms with Crippen LogP contribution in [0.4, 0.5) is 0 Å². The Balaban J connectivity index is 3.48. The number of quaternary nitrogens is 1. The Hall–Kier alpha value is 0.0700. The summed E-state index contributed by atoms with van der Waals surface area (Å²) in [5, 5.41) is 0. The van der Waals surface area contributed by atoms with Crippen LogP contribution in [0.5, 0.6) is 0 Å². The molecule has 0 amide bonds. The molecule has 0 saturated heterocycles. The van der Waals surface area contributed by atoms with Crippen LogP contribution in [0.3, 0.4) is 0 Å². The molecule has 0 bridgehead atoms. The Labute approximate surface area is 33.9 Å². The molecule has 0 spiro atoms. The number of phosphoric acid groups is 1. The van der Waals surface area contributed by atoms with Gasteiger partial charge in [0.25, 0.3) is 0 Å². The maximum atomic E-state index is 9.19. The van der Waals surface area contributed by atoms with Gasteiger partial charge in [-0.2, -0.15) is 4.62 Å². The monoisotopic (exact) mass is 112 g/mol. The Kier molecular flexibility index (Phi) is 1.70. The van der Waals surface area contributed by atoms with Crippen LogP contribution in [0.25, 0.3) is 0 Å². The average molecular weight is 112 g/mol. The van der Waals surface area contributed by atoms with Crippen molar-refractivity contribution >= 4 is 7.82 Å². The summed E-state index contributed by atoms with van der Waals surface area (Å²) in [6.07, 6.45) is 0. The van der Waals surface area contributed by atoms with Crippen LogP contribution in [0.15, 0.2) is 0 Å². The normalized spacial score (nSPS) is 11.8. The lowest BCUT2D eigenvalue weighted by Crippen LogP contribution is -2.50. The van der Waals surface area contributed by atoms with Gasteiger partial charge in [0.05, 0.1) is 0 Å². The molecule has 0 aromatic carbocycles. The molecule has 0 radical (unpaired) electrons. The first kappa shape index (κ1) is 6.07. The van der Waals surface area contributed by atoms with Gasteiger partial charge >= 0.3 is 0 Å². The molecule has 6 heavy (non-hydrogen) atoms. The van der Waals surface area contributed by atoms with Crippen molar-refractivity contribution in [2.75, 3.05) is 0 Å². The highest BCUT2D eigenvalue weighted by Gasteiger charge is 1.81. The molecule has 0 unspecified atom stereocenters. The Morgan fingerprint density at radius 1 is 1.67 bits per heavy atom. The van der Waals surface area contributed by atoms with Gasteiger partial charge < -0.3 is 14.4 Å². The molecular weight excluding hydrogens is 109 g/mol. The molecule has 0 aliphatic rings. The third-order valence-electron chi connectivity index (χ3n) is 0.158. The zero-order valence-corrected chi connectivity index (χ0v) is 3.68. The van der Waals surface area contributed by atoms with Crippen LogP contribution in [0.2, 0.25) is 0 Å². The van der Waals surface area contributed by atoms with E-state index in [1.165, 1.54) is 0 Å². The van der Waals surface area contributed by atoms with Gasteiger partial charge in [0.1, 0.15) is 7.82 Å². The summed E-state index contributed by atoms with van der Waals surface area (Å²) in [6.45, 7) is 0. The fourth-order valence-electron chi connectivity index (χ4n) is 0. The second-order valence-corrected chi connectivity index (χ2v) is 1.73. The van der Waals surface area contributed by atoms with Gasteiger partial charge in [0.2, 0.25) is 0 Å². The van der Waals surface area contributed by atoms with Crippen molar-refractivity contribution < 1.29 is 24.9 Å². The van der Waals surface area contributed by atoms with Crippen molar-refractivity contribution in [1.82, 2.24) is 0 Å². The SMILES string of the molecule is [NH3+]OP(=O)([O-])[O-]. The molecule has 0 aromatic rings. The minimum absolute atomic E-state index is 2.37. The predicted molar refractivity (Wildman–Crippen MR) is 11.6 cm³/mol. The zero-order chi connectivity index (χ0) is 5.21. The van der Waals surface area contributed by atoms with Crippen LogP contribution in [0, 0.1) is 0 Å². The first-order chi connectivity index (χ1) is 2.56. The van der Waals surface area contributed by atoms with Crippen molar-refractivity contribution in [2.24, 2.45) is 0 Å². The molecule has 0 fully saturated rings. The van der Waals surface area contributed by atoms with E-state index in [-0.39, 0.29) is 0 Å². The van der Waals surface area contributed by atoms with E-state index in [0.717, 1.165) is 0 Å². The van der Waals surface area contributed by atoms with E-state index in [1.54, 1.807) is 0 Å². The molecule has 3 N–H and O–H groups in total. The summed E-state index contributed by atoms with van der Waals surface area (Å²) in [6, 6.07) is 0. The maximum Gasteiger partial charge on any atom is 0.127 e. The third-order valence-corrected chi connectivity index (χ3v) is 0.474. The van der Waals surface area contributed by atoms with E-state index in [0.29, 0.717) is 0 Å².